The molecule has 1 heterocycles. The molecule has 0 saturated heterocycles. The van der Waals surface area contributed by atoms with Crippen LogP contribution in [-0.4, -0.2) is 38.6 Å². The molecule has 0 fully saturated rings. The van der Waals surface area contributed by atoms with E-state index in [9.17, 15) is 4.79 Å². The van der Waals surface area contributed by atoms with Crippen molar-refractivity contribution in [2.24, 2.45) is 0 Å². The topological polar surface area (TPSA) is 38.8 Å². The summed E-state index contributed by atoms with van der Waals surface area (Å²) in [6.45, 7) is 1.51. The Morgan fingerprint density at radius 3 is 2.77 bits per heavy atom. The molecule has 0 radical (unpaired) electrons. The number of methoxy groups -OCH3 is 1. The van der Waals surface area contributed by atoms with Gasteiger partial charge < -0.3 is 14.4 Å². The van der Waals surface area contributed by atoms with Crippen LogP contribution in [0, 0.1) is 0 Å². The molecule has 1 aliphatic rings. The van der Waals surface area contributed by atoms with Gasteiger partial charge in [0.15, 0.2) is 0 Å². The first-order valence-corrected chi connectivity index (χ1v) is 8.84. The van der Waals surface area contributed by atoms with Gasteiger partial charge in [0.05, 0.1) is 13.5 Å². The molecule has 3 rings (SSSR count). The quantitative estimate of drug-likeness (QED) is 0.771. The van der Waals surface area contributed by atoms with Gasteiger partial charge in [-0.25, -0.2) is 0 Å². The zero-order valence-electron chi connectivity index (χ0n) is 15.6. The second kappa shape index (κ2) is 8.19. The molecule has 0 bridgehead atoms. The Morgan fingerprint density at radius 2 is 2.00 bits per heavy atom. The molecule has 0 spiro atoms. The molecule has 4 nitrogen and oxygen atoms in total. The average molecular weight is 351 g/mol. The highest BCUT2D eigenvalue weighted by Gasteiger charge is 2.19. The Kier molecular flexibility index (Phi) is 5.74. The number of fused-ring (bicyclic) bond motifs is 2. The molecule has 0 amide bonds. The van der Waals surface area contributed by atoms with Crippen molar-refractivity contribution < 1.29 is 14.3 Å². The lowest BCUT2D eigenvalue weighted by atomic mass is 9.92. The summed E-state index contributed by atoms with van der Waals surface area (Å²) in [6, 6.07) is 14.4. The SMILES string of the molecule is COC(=O)Cc1ccc2c(c1)OCc1ccccc1C2=CCCN(C)C. The van der Waals surface area contributed by atoms with E-state index in [1.807, 2.05) is 18.2 Å². The number of rotatable bonds is 5. The fourth-order valence-corrected chi connectivity index (χ4v) is 3.15. The first-order valence-electron chi connectivity index (χ1n) is 8.84. The number of hydrogen-bond acceptors (Lipinski definition) is 4. The van der Waals surface area contributed by atoms with E-state index in [0.29, 0.717) is 6.61 Å². The third-order valence-corrected chi connectivity index (χ3v) is 4.53. The van der Waals surface area contributed by atoms with E-state index in [1.165, 1.54) is 23.8 Å². The Labute approximate surface area is 155 Å². The van der Waals surface area contributed by atoms with Crippen LogP contribution < -0.4 is 4.74 Å². The standard InChI is InChI=1S/C22H25NO3/c1-23(2)12-6-9-19-18-8-5-4-7-17(18)15-26-21-13-16(10-11-20(19)21)14-22(24)25-3/h4-5,7-11,13H,6,12,14-15H2,1-3H3. The van der Waals surface area contributed by atoms with E-state index in [1.54, 1.807) is 0 Å². The molecule has 0 atom stereocenters. The number of hydrogen-bond donors (Lipinski definition) is 0. The smallest absolute Gasteiger partial charge is 0.309 e. The predicted molar refractivity (Wildman–Crippen MR) is 103 cm³/mol. The Balaban J connectivity index is 2.01. The second-order valence-electron chi connectivity index (χ2n) is 6.74. The van der Waals surface area contributed by atoms with Gasteiger partial charge in [-0.1, -0.05) is 42.5 Å². The van der Waals surface area contributed by atoms with Gasteiger partial charge in [-0.15, -0.1) is 0 Å². The summed E-state index contributed by atoms with van der Waals surface area (Å²) in [6.07, 6.45) is 3.49. The maximum absolute atomic E-state index is 11.6. The van der Waals surface area contributed by atoms with E-state index in [2.05, 4.69) is 49.3 Å². The third kappa shape index (κ3) is 4.14. The van der Waals surface area contributed by atoms with Gasteiger partial charge >= 0.3 is 5.97 Å². The Bertz CT molecular complexity index is 824. The molecular formula is C22H25NO3. The maximum atomic E-state index is 11.6. The van der Waals surface area contributed by atoms with Crippen LogP contribution in [0.4, 0.5) is 0 Å². The zero-order chi connectivity index (χ0) is 18.5. The Morgan fingerprint density at radius 1 is 1.19 bits per heavy atom. The highest BCUT2D eigenvalue weighted by molar-refractivity contribution is 5.85. The fraction of sp³-hybridized carbons (Fsp3) is 0.318. The molecule has 4 heteroatoms. The number of nitrogens with zero attached hydrogens (tertiary/aromatic N) is 1. The van der Waals surface area contributed by atoms with Crippen LogP contribution in [-0.2, 0) is 22.6 Å². The Hall–Kier alpha value is -2.59. The monoisotopic (exact) mass is 351 g/mol. The van der Waals surface area contributed by atoms with Crippen LogP contribution in [0.1, 0.15) is 28.7 Å². The molecule has 0 saturated carbocycles. The van der Waals surface area contributed by atoms with Gasteiger partial charge in [-0.05, 0) is 48.8 Å². The van der Waals surface area contributed by atoms with Crippen molar-refractivity contribution in [2.45, 2.75) is 19.4 Å². The molecule has 0 N–H and O–H groups in total. The van der Waals surface area contributed by atoms with E-state index in [0.717, 1.165) is 29.8 Å². The summed E-state index contributed by atoms with van der Waals surface area (Å²) in [5.74, 6) is 0.572. The highest BCUT2D eigenvalue weighted by atomic mass is 16.5. The van der Waals surface area contributed by atoms with Gasteiger partial charge in [0.25, 0.3) is 0 Å². The van der Waals surface area contributed by atoms with Crippen molar-refractivity contribution in [2.75, 3.05) is 27.7 Å². The minimum absolute atomic E-state index is 0.247. The summed E-state index contributed by atoms with van der Waals surface area (Å²) in [4.78, 5) is 13.8. The normalized spacial score (nSPS) is 14.4. The summed E-state index contributed by atoms with van der Waals surface area (Å²) in [5, 5.41) is 0. The van der Waals surface area contributed by atoms with Crippen molar-refractivity contribution in [3.05, 3.63) is 70.8 Å². The zero-order valence-corrected chi connectivity index (χ0v) is 15.6. The van der Waals surface area contributed by atoms with Crippen molar-refractivity contribution in [3.8, 4) is 5.75 Å². The first kappa shape index (κ1) is 18.2. The summed E-state index contributed by atoms with van der Waals surface area (Å²) in [5.41, 5.74) is 5.55. The first-order chi connectivity index (χ1) is 12.6. The molecule has 0 unspecified atom stereocenters. The number of benzene rings is 2. The van der Waals surface area contributed by atoms with E-state index in [-0.39, 0.29) is 12.4 Å². The fourth-order valence-electron chi connectivity index (χ4n) is 3.15. The maximum Gasteiger partial charge on any atom is 0.309 e. The van der Waals surface area contributed by atoms with Crippen LogP contribution in [0.15, 0.2) is 48.5 Å². The summed E-state index contributed by atoms with van der Waals surface area (Å²) < 4.78 is 10.9. The van der Waals surface area contributed by atoms with E-state index >= 15 is 0 Å². The van der Waals surface area contributed by atoms with Gasteiger partial charge in [0, 0.05) is 12.1 Å². The molecule has 136 valence electrons. The average Bonchev–Trinajstić information content (AvgIpc) is 2.78. The highest BCUT2D eigenvalue weighted by Crippen LogP contribution is 2.37. The number of esters is 1. The van der Waals surface area contributed by atoms with Crippen molar-refractivity contribution in [1.29, 1.82) is 0 Å². The lowest BCUT2D eigenvalue weighted by Gasteiger charge is -2.13. The molecule has 2 aromatic rings. The molecule has 26 heavy (non-hydrogen) atoms. The minimum atomic E-state index is -0.247. The van der Waals surface area contributed by atoms with Gasteiger partial charge in [0.1, 0.15) is 12.4 Å². The summed E-state index contributed by atoms with van der Waals surface area (Å²) in [7, 11) is 5.57. The number of carbonyl (C=O) groups is 1. The van der Waals surface area contributed by atoms with Gasteiger partial charge in [0.2, 0.25) is 0 Å². The summed E-state index contributed by atoms with van der Waals surface area (Å²) >= 11 is 0. The van der Waals surface area contributed by atoms with Gasteiger partial charge in [-0.2, -0.15) is 0 Å². The van der Waals surface area contributed by atoms with Crippen molar-refractivity contribution in [3.63, 3.8) is 0 Å². The molecule has 1 aliphatic heterocycles. The van der Waals surface area contributed by atoms with E-state index < -0.39 is 0 Å². The lowest BCUT2D eigenvalue weighted by Crippen LogP contribution is -2.12. The van der Waals surface area contributed by atoms with Crippen LogP contribution in [0.2, 0.25) is 0 Å². The molecular weight excluding hydrogens is 326 g/mol. The van der Waals surface area contributed by atoms with E-state index in [4.69, 9.17) is 9.47 Å². The van der Waals surface area contributed by atoms with Crippen molar-refractivity contribution in [1.82, 2.24) is 4.90 Å². The van der Waals surface area contributed by atoms with Crippen LogP contribution >= 0.6 is 0 Å². The molecule has 0 aromatic heterocycles. The van der Waals surface area contributed by atoms with Gasteiger partial charge in [-0.3, -0.25) is 4.79 Å². The second-order valence-corrected chi connectivity index (χ2v) is 6.74. The minimum Gasteiger partial charge on any atom is -0.488 e. The van der Waals surface area contributed by atoms with Crippen LogP contribution in [0.5, 0.6) is 5.75 Å². The van der Waals surface area contributed by atoms with Crippen molar-refractivity contribution >= 4 is 11.5 Å². The number of ether oxygens (including phenoxy) is 2. The lowest BCUT2D eigenvalue weighted by molar-refractivity contribution is -0.139. The van der Waals surface area contributed by atoms with Crippen LogP contribution in [0.3, 0.4) is 0 Å². The molecule has 2 aromatic carbocycles. The number of carbonyl (C=O) groups excluding carboxylic acids is 1. The largest absolute Gasteiger partial charge is 0.488 e. The van der Waals surface area contributed by atoms with Crippen LogP contribution in [0.25, 0.3) is 5.57 Å². The molecule has 0 aliphatic carbocycles. The predicted octanol–water partition coefficient (Wildman–Crippen LogP) is 3.68. The third-order valence-electron chi connectivity index (χ3n) is 4.53.